The van der Waals surface area contributed by atoms with Crippen LogP contribution in [0.5, 0.6) is 0 Å². The number of carbonyl (C=O) groups excluding carboxylic acids is 5. The molecule has 0 unspecified atom stereocenters. The molecule has 0 fully saturated rings. The number of Topliss-reactive ketones (excluding diaryl/α,β-unsaturated/α-hetero) is 1. The quantitative estimate of drug-likeness (QED) is 0.164. The van der Waals surface area contributed by atoms with Gasteiger partial charge in [-0.25, -0.2) is 4.79 Å². The molecule has 50 heavy (non-hydrogen) atoms. The van der Waals surface area contributed by atoms with Crippen LogP contribution in [0.25, 0.3) is 0 Å². The minimum atomic E-state index is -1.02. The Bertz CT molecular complexity index is 1430. The Morgan fingerprint density at radius 2 is 1.82 bits per heavy atom. The molecule has 276 valence electrons. The van der Waals surface area contributed by atoms with Crippen LogP contribution in [-0.4, -0.2) is 100 Å². The van der Waals surface area contributed by atoms with E-state index >= 15 is 0 Å². The van der Waals surface area contributed by atoms with E-state index in [4.69, 9.17) is 24.7 Å². The van der Waals surface area contributed by atoms with Crippen molar-refractivity contribution in [3.8, 4) is 0 Å². The van der Waals surface area contributed by atoms with Crippen molar-refractivity contribution in [1.29, 1.82) is 0 Å². The third-order valence-electron chi connectivity index (χ3n) is 8.44. The maximum absolute atomic E-state index is 13.8. The maximum Gasteiger partial charge on any atom is 0.405 e. The van der Waals surface area contributed by atoms with Gasteiger partial charge in [-0.1, -0.05) is 44.2 Å². The average Bonchev–Trinajstić information content (AvgIpc) is 3.04. The number of fused-ring (bicyclic) bond motifs is 2. The Kier molecular flexibility index (Phi) is 17.0. The number of amides is 2. The Balaban J connectivity index is 2.71. The average molecular weight is 699 g/mol. The summed E-state index contributed by atoms with van der Waals surface area (Å²) in [6.07, 6.45) is 6.21. The van der Waals surface area contributed by atoms with Crippen LogP contribution in [0.3, 0.4) is 0 Å². The Morgan fingerprint density at radius 1 is 1.12 bits per heavy atom. The summed E-state index contributed by atoms with van der Waals surface area (Å²) in [5.74, 6) is -2.65. The first-order valence-corrected chi connectivity index (χ1v) is 16.7. The summed E-state index contributed by atoms with van der Waals surface area (Å²) >= 11 is 0. The van der Waals surface area contributed by atoms with Gasteiger partial charge in [0.1, 0.15) is 12.2 Å². The molecule has 0 aromatic heterocycles. The number of methoxy groups -OCH3 is 2. The standard InChI is InChI=1S/C37H54N4O9/c1-10-16-39-32-26-18-22(2)19-30(48-9)35(49-31(43)15-12-17-41(6)7)25(5)20-24(4)34(50-37(38)46)29(47-8)14-11-13-23(3)36(45)40-27(33(26)44)21-28(32)42/h10-11,13-14,20-22,25,29-30,34-35,39H,1,12,15-19H2,2-9H3,(H2,38,46)(H,40,45)/b14-11-,23-13+,24-20+/t22-,25+,29+,30+,34+,35-/m1/s1. The summed E-state index contributed by atoms with van der Waals surface area (Å²) in [5.41, 5.74) is 6.46. The van der Waals surface area contributed by atoms with Gasteiger partial charge in [-0.3, -0.25) is 19.2 Å². The van der Waals surface area contributed by atoms with Crippen LogP contribution in [-0.2, 0) is 38.1 Å². The van der Waals surface area contributed by atoms with E-state index in [9.17, 15) is 24.0 Å². The van der Waals surface area contributed by atoms with Crippen molar-refractivity contribution in [2.24, 2.45) is 17.6 Å². The van der Waals surface area contributed by atoms with Gasteiger partial charge in [0.25, 0.3) is 5.91 Å². The van der Waals surface area contributed by atoms with Gasteiger partial charge in [0, 0.05) is 50.3 Å². The Hall–Kier alpha value is -4.33. The van der Waals surface area contributed by atoms with Gasteiger partial charge >= 0.3 is 12.1 Å². The van der Waals surface area contributed by atoms with Gasteiger partial charge in [-0.15, -0.1) is 6.58 Å². The number of hydrogen-bond donors (Lipinski definition) is 3. The van der Waals surface area contributed by atoms with Crippen LogP contribution < -0.4 is 16.4 Å². The van der Waals surface area contributed by atoms with E-state index in [0.29, 0.717) is 25.0 Å². The molecule has 2 amide bonds. The van der Waals surface area contributed by atoms with Crippen LogP contribution in [0.15, 0.2) is 71.1 Å². The molecule has 4 N–H and O–H groups in total. The lowest BCUT2D eigenvalue weighted by Gasteiger charge is -2.32. The first-order chi connectivity index (χ1) is 23.6. The number of nitrogens with zero attached hydrogens (tertiary/aromatic N) is 1. The number of ether oxygens (including phenoxy) is 4. The number of nitrogens with one attached hydrogen (secondary N) is 2. The highest BCUT2D eigenvalue weighted by molar-refractivity contribution is 6.23. The molecule has 0 spiro atoms. The van der Waals surface area contributed by atoms with E-state index in [-0.39, 0.29) is 47.8 Å². The fourth-order valence-electron chi connectivity index (χ4n) is 5.87. The molecule has 0 saturated heterocycles. The number of allylic oxidation sites excluding steroid dienone is 4. The fourth-order valence-corrected chi connectivity index (χ4v) is 5.87. The third kappa shape index (κ3) is 12.5. The second-order valence-electron chi connectivity index (χ2n) is 13.0. The Labute approximate surface area is 295 Å². The number of primary amides is 1. The molecule has 2 bridgehead atoms. The van der Waals surface area contributed by atoms with Crippen LogP contribution in [0.1, 0.15) is 53.4 Å². The highest BCUT2D eigenvalue weighted by Crippen LogP contribution is 2.30. The lowest BCUT2D eigenvalue weighted by atomic mass is 9.85. The predicted molar refractivity (Wildman–Crippen MR) is 189 cm³/mol. The van der Waals surface area contributed by atoms with Crippen molar-refractivity contribution in [3.63, 3.8) is 0 Å². The molecule has 2 rings (SSSR count). The molecule has 0 saturated carbocycles. The van der Waals surface area contributed by atoms with Crippen LogP contribution >= 0.6 is 0 Å². The van der Waals surface area contributed by atoms with E-state index < -0.39 is 59.9 Å². The number of hydrogen-bond acceptors (Lipinski definition) is 11. The van der Waals surface area contributed by atoms with Crippen molar-refractivity contribution in [2.45, 2.75) is 77.8 Å². The van der Waals surface area contributed by atoms with Crippen LogP contribution in [0.4, 0.5) is 4.79 Å². The summed E-state index contributed by atoms with van der Waals surface area (Å²) in [6.45, 7) is 11.7. The summed E-state index contributed by atoms with van der Waals surface area (Å²) < 4.78 is 23.2. The zero-order valence-electron chi connectivity index (χ0n) is 30.6. The number of carbonyl (C=O) groups is 5. The molecular weight excluding hydrogens is 644 g/mol. The monoisotopic (exact) mass is 698 g/mol. The largest absolute Gasteiger partial charge is 0.459 e. The highest BCUT2D eigenvalue weighted by atomic mass is 16.6. The van der Waals surface area contributed by atoms with Crippen LogP contribution in [0, 0.1) is 11.8 Å². The summed E-state index contributed by atoms with van der Waals surface area (Å²) in [5, 5.41) is 5.58. The van der Waals surface area contributed by atoms with E-state index in [0.717, 1.165) is 6.08 Å². The first kappa shape index (κ1) is 41.8. The molecule has 2 aliphatic rings. The van der Waals surface area contributed by atoms with Crippen molar-refractivity contribution < 1.29 is 42.9 Å². The molecular formula is C37H54N4O9. The summed E-state index contributed by atoms with van der Waals surface area (Å²) in [4.78, 5) is 67.4. The SMILES string of the molecule is C=CCNC1=C2C[C@@H](C)C[C@H](OC)[C@H](OC(=O)CCCN(C)C)[C@@H](C)/C=C(\C)[C@H](OC(N)=O)[C@@H](OC)/C=C\C=C(/C)C(=O)NC(=CC1=O)C2=O. The smallest absolute Gasteiger partial charge is 0.405 e. The normalized spacial score (nSPS) is 28.4. The van der Waals surface area contributed by atoms with Gasteiger partial charge in [-0.2, -0.15) is 0 Å². The van der Waals surface area contributed by atoms with Crippen molar-refractivity contribution >= 4 is 29.5 Å². The number of ketones is 2. The van der Waals surface area contributed by atoms with Crippen LogP contribution in [0.2, 0.25) is 0 Å². The lowest BCUT2D eigenvalue weighted by Crippen LogP contribution is -2.40. The second kappa shape index (κ2) is 20.4. The van der Waals surface area contributed by atoms with Gasteiger partial charge in [0.2, 0.25) is 11.6 Å². The van der Waals surface area contributed by atoms with Crippen molar-refractivity contribution in [2.75, 3.05) is 41.4 Å². The van der Waals surface area contributed by atoms with E-state index in [1.807, 2.05) is 38.9 Å². The zero-order valence-corrected chi connectivity index (χ0v) is 30.6. The lowest BCUT2D eigenvalue weighted by molar-refractivity contribution is -0.160. The minimum absolute atomic E-state index is 0.136. The first-order valence-electron chi connectivity index (χ1n) is 16.7. The molecule has 0 aromatic carbocycles. The fraction of sp³-hybridized carbons (Fsp3) is 0.541. The minimum Gasteiger partial charge on any atom is -0.459 e. The number of rotatable bonds is 11. The molecule has 6 atom stereocenters. The van der Waals surface area contributed by atoms with Gasteiger partial charge in [0.15, 0.2) is 6.10 Å². The van der Waals surface area contributed by atoms with Crippen molar-refractivity contribution in [1.82, 2.24) is 15.5 Å². The van der Waals surface area contributed by atoms with Crippen molar-refractivity contribution in [3.05, 3.63) is 71.1 Å². The molecule has 1 heterocycles. The van der Waals surface area contributed by atoms with E-state index in [1.165, 1.54) is 20.3 Å². The summed E-state index contributed by atoms with van der Waals surface area (Å²) in [7, 11) is 6.80. The molecule has 13 nitrogen and oxygen atoms in total. The van der Waals surface area contributed by atoms with Gasteiger partial charge < -0.3 is 40.2 Å². The van der Waals surface area contributed by atoms with Gasteiger partial charge in [0.05, 0.1) is 17.5 Å². The predicted octanol–water partition coefficient (Wildman–Crippen LogP) is 3.43. The molecule has 1 aliphatic carbocycles. The summed E-state index contributed by atoms with van der Waals surface area (Å²) in [6, 6.07) is 0. The van der Waals surface area contributed by atoms with Gasteiger partial charge in [-0.05, 0) is 65.2 Å². The third-order valence-corrected chi connectivity index (χ3v) is 8.44. The molecule has 13 heteroatoms. The Morgan fingerprint density at radius 3 is 2.42 bits per heavy atom. The zero-order chi connectivity index (χ0) is 37.5. The topological polar surface area (TPSA) is 176 Å². The number of nitrogens with two attached hydrogens (primary N) is 1. The molecule has 0 aromatic rings. The number of esters is 1. The molecule has 1 aliphatic heterocycles. The highest BCUT2D eigenvalue weighted by Gasteiger charge is 2.35. The molecule has 0 radical (unpaired) electrons. The van der Waals surface area contributed by atoms with E-state index in [1.54, 1.807) is 32.1 Å². The van der Waals surface area contributed by atoms with E-state index in [2.05, 4.69) is 17.2 Å². The second-order valence-corrected chi connectivity index (χ2v) is 13.0. The maximum atomic E-state index is 13.8.